The van der Waals surface area contributed by atoms with Gasteiger partial charge in [-0.2, -0.15) is 0 Å². The number of nitrogens with zero attached hydrogens (tertiary/aromatic N) is 4. The minimum Gasteiger partial charge on any atom is -0.384 e. The number of nitrogen functional groups attached to an aromatic ring is 1. The van der Waals surface area contributed by atoms with E-state index >= 15 is 0 Å². The summed E-state index contributed by atoms with van der Waals surface area (Å²) in [5, 5.41) is 0. The number of anilines is 1. The lowest BCUT2D eigenvalue weighted by Gasteiger charge is -2.26. The van der Waals surface area contributed by atoms with Gasteiger partial charge in [0.25, 0.3) is 0 Å². The van der Waals surface area contributed by atoms with Gasteiger partial charge in [-0.3, -0.25) is 9.69 Å². The van der Waals surface area contributed by atoms with E-state index in [-0.39, 0.29) is 5.91 Å². The Hall–Kier alpha value is -2.47. The highest BCUT2D eigenvalue weighted by Crippen LogP contribution is 2.19. The van der Waals surface area contributed by atoms with Crippen LogP contribution in [0.5, 0.6) is 0 Å². The van der Waals surface area contributed by atoms with Crippen molar-refractivity contribution in [1.29, 1.82) is 0 Å². The topological polar surface area (TPSA) is 75.4 Å². The molecule has 1 amide bonds. The number of hydrogen-bond acceptors (Lipinski definition) is 5. The van der Waals surface area contributed by atoms with E-state index in [1.165, 1.54) is 5.56 Å². The largest absolute Gasteiger partial charge is 0.384 e. The Morgan fingerprint density at radius 1 is 1.26 bits per heavy atom. The summed E-state index contributed by atoms with van der Waals surface area (Å²) in [6.45, 7) is 4.38. The number of aryl methyl sites for hydroxylation is 1. The fourth-order valence-electron chi connectivity index (χ4n) is 3.70. The monoisotopic (exact) mass is 367 g/mol. The number of aromatic nitrogens is 2. The second-order valence-corrected chi connectivity index (χ2v) is 7.38. The van der Waals surface area contributed by atoms with Crippen molar-refractivity contribution >= 4 is 11.7 Å². The SMILES string of the molecule is Cc1ccccc1CC(=O)N1CCC[C@@H](N(C)Cc2nccc(N)n2)CC1. The first-order valence-electron chi connectivity index (χ1n) is 9.63. The smallest absolute Gasteiger partial charge is 0.227 e. The average Bonchev–Trinajstić information content (AvgIpc) is 2.90. The molecule has 1 fully saturated rings. The Labute approximate surface area is 161 Å². The van der Waals surface area contributed by atoms with Crippen molar-refractivity contribution in [2.24, 2.45) is 0 Å². The molecule has 1 aromatic carbocycles. The molecule has 27 heavy (non-hydrogen) atoms. The first-order chi connectivity index (χ1) is 13.0. The number of nitrogens with two attached hydrogens (primary N) is 1. The zero-order valence-corrected chi connectivity index (χ0v) is 16.3. The van der Waals surface area contributed by atoms with Gasteiger partial charge in [0.1, 0.15) is 11.6 Å². The molecule has 0 bridgehead atoms. The van der Waals surface area contributed by atoms with Crippen LogP contribution >= 0.6 is 0 Å². The highest BCUT2D eigenvalue weighted by atomic mass is 16.2. The van der Waals surface area contributed by atoms with Crippen LogP contribution in [0.15, 0.2) is 36.5 Å². The minimum atomic E-state index is 0.228. The first kappa shape index (κ1) is 19.3. The number of rotatable bonds is 5. The highest BCUT2D eigenvalue weighted by molar-refractivity contribution is 5.79. The lowest BCUT2D eigenvalue weighted by molar-refractivity contribution is -0.130. The molecular weight excluding hydrogens is 338 g/mol. The van der Waals surface area contributed by atoms with Crippen molar-refractivity contribution in [3.63, 3.8) is 0 Å². The molecule has 0 radical (unpaired) electrons. The van der Waals surface area contributed by atoms with Crippen LogP contribution in [0.4, 0.5) is 5.82 Å². The molecule has 1 saturated heterocycles. The Morgan fingerprint density at radius 3 is 2.85 bits per heavy atom. The molecule has 2 heterocycles. The zero-order valence-electron chi connectivity index (χ0n) is 16.3. The van der Waals surface area contributed by atoms with Crippen LogP contribution in [0, 0.1) is 6.92 Å². The zero-order chi connectivity index (χ0) is 19.2. The fourth-order valence-corrected chi connectivity index (χ4v) is 3.70. The summed E-state index contributed by atoms with van der Waals surface area (Å²) in [4.78, 5) is 25.7. The number of benzene rings is 1. The van der Waals surface area contributed by atoms with Crippen LogP contribution in [0.25, 0.3) is 0 Å². The molecule has 1 aromatic heterocycles. The van der Waals surface area contributed by atoms with Crippen LogP contribution in [-0.2, 0) is 17.8 Å². The fraction of sp³-hybridized carbons (Fsp3) is 0.476. The Kier molecular flexibility index (Phi) is 6.40. The van der Waals surface area contributed by atoms with Gasteiger partial charge in [0.05, 0.1) is 13.0 Å². The summed E-state index contributed by atoms with van der Waals surface area (Å²) in [6, 6.07) is 10.3. The standard InChI is InChI=1S/C21H29N5O/c1-16-6-3-4-7-17(16)14-21(27)26-12-5-8-18(10-13-26)25(2)15-20-23-11-9-19(22)24-20/h3-4,6-7,9,11,18H,5,8,10,12-15H2,1-2H3,(H2,22,23,24)/t18-/m1/s1. The number of amides is 1. The second-order valence-electron chi connectivity index (χ2n) is 7.38. The summed E-state index contributed by atoms with van der Waals surface area (Å²) in [5.41, 5.74) is 8.05. The van der Waals surface area contributed by atoms with Gasteiger partial charge in [0, 0.05) is 25.3 Å². The van der Waals surface area contributed by atoms with Crippen LogP contribution in [0.3, 0.4) is 0 Å². The normalized spacial score (nSPS) is 17.7. The van der Waals surface area contributed by atoms with E-state index in [9.17, 15) is 4.79 Å². The number of likely N-dealkylation sites (tertiary alicyclic amines) is 1. The molecule has 1 atom stereocenters. The second kappa shape index (κ2) is 8.95. The maximum atomic E-state index is 12.8. The predicted octanol–water partition coefficient (Wildman–Crippen LogP) is 2.42. The Balaban J connectivity index is 1.55. The van der Waals surface area contributed by atoms with Crippen molar-refractivity contribution < 1.29 is 4.79 Å². The highest BCUT2D eigenvalue weighted by Gasteiger charge is 2.23. The van der Waals surface area contributed by atoms with Crippen molar-refractivity contribution in [1.82, 2.24) is 19.8 Å². The van der Waals surface area contributed by atoms with Crippen molar-refractivity contribution in [3.8, 4) is 0 Å². The maximum absolute atomic E-state index is 12.8. The van der Waals surface area contributed by atoms with E-state index < -0.39 is 0 Å². The van der Waals surface area contributed by atoms with Gasteiger partial charge in [-0.25, -0.2) is 9.97 Å². The third kappa shape index (κ3) is 5.26. The third-order valence-electron chi connectivity index (χ3n) is 5.39. The molecule has 3 rings (SSSR count). The van der Waals surface area contributed by atoms with Gasteiger partial charge >= 0.3 is 0 Å². The van der Waals surface area contributed by atoms with Crippen LogP contribution in [0.1, 0.15) is 36.2 Å². The van der Waals surface area contributed by atoms with E-state index in [0.717, 1.165) is 43.7 Å². The molecule has 0 unspecified atom stereocenters. The first-order valence-corrected chi connectivity index (χ1v) is 9.63. The average molecular weight is 367 g/mol. The third-order valence-corrected chi connectivity index (χ3v) is 5.39. The molecule has 144 valence electrons. The van der Waals surface area contributed by atoms with E-state index in [1.807, 2.05) is 23.1 Å². The van der Waals surface area contributed by atoms with E-state index in [1.54, 1.807) is 12.3 Å². The molecule has 6 nitrogen and oxygen atoms in total. The summed E-state index contributed by atoms with van der Waals surface area (Å²) in [7, 11) is 2.10. The number of carbonyl (C=O) groups excluding carboxylic acids is 1. The van der Waals surface area contributed by atoms with E-state index in [2.05, 4.69) is 34.9 Å². The molecule has 1 aliphatic heterocycles. The summed E-state index contributed by atoms with van der Waals surface area (Å²) >= 11 is 0. The van der Waals surface area contributed by atoms with Crippen molar-refractivity contribution in [3.05, 3.63) is 53.5 Å². The molecule has 0 aliphatic carbocycles. The quantitative estimate of drug-likeness (QED) is 0.878. The predicted molar refractivity (Wildman–Crippen MR) is 107 cm³/mol. The molecule has 6 heteroatoms. The Bertz CT molecular complexity index is 779. The van der Waals surface area contributed by atoms with Crippen LogP contribution in [-0.4, -0.2) is 51.9 Å². The van der Waals surface area contributed by atoms with E-state index in [4.69, 9.17) is 5.73 Å². The molecule has 2 N–H and O–H groups in total. The number of hydrogen-bond donors (Lipinski definition) is 1. The molecule has 0 spiro atoms. The maximum Gasteiger partial charge on any atom is 0.227 e. The molecule has 1 aliphatic rings. The van der Waals surface area contributed by atoms with Gasteiger partial charge in [-0.15, -0.1) is 0 Å². The lowest BCUT2D eigenvalue weighted by Crippen LogP contribution is -2.35. The van der Waals surface area contributed by atoms with Crippen molar-refractivity contribution in [2.75, 3.05) is 25.9 Å². The van der Waals surface area contributed by atoms with Crippen molar-refractivity contribution in [2.45, 2.75) is 45.2 Å². The van der Waals surface area contributed by atoms with Gasteiger partial charge in [-0.05, 0) is 50.4 Å². The van der Waals surface area contributed by atoms with Crippen LogP contribution < -0.4 is 5.73 Å². The lowest BCUT2D eigenvalue weighted by atomic mass is 10.1. The van der Waals surface area contributed by atoms with Gasteiger partial charge < -0.3 is 10.6 Å². The molecule has 0 saturated carbocycles. The molecular formula is C21H29N5O. The number of carbonyl (C=O) groups is 1. The summed E-state index contributed by atoms with van der Waals surface area (Å²) in [6.07, 6.45) is 5.26. The molecule has 2 aromatic rings. The minimum absolute atomic E-state index is 0.228. The summed E-state index contributed by atoms with van der Waals surface area (Å²) < 4.78 is 0. The summed E-state index contributed by atoms with van der Waals surface area (Å²) in [5.74, 6) is 1.48. The van der Waals surface area contributed by atoms with Gasteiger partial charge in [-0.1, -0.05) is 24.3 Å². The van der Waals surface area contributed by atoms with Crippen LogP contribution in [0.2, 0.25) is 0 Å². The Morgan fingerprint density at radius 2 is 2.07 bits per heavy atom. The van der Waals surface area contributed by atoms with Gasteiger partial charge in [0.15, 0.2) is 0 Å². The van der Waals surface area contributed by atoms with E-state index in [0.29, 0.717) is 24.8 Å². The van der Waals surface area contributed by atoms with Gasteiger partial charge in [0.2, 0.25) is 5.91 Å².